The van der Waals surface area contributed by atoms with Crippen LogP contribution in [0.25, 0.3) is 0 Å². The van der Waals surface area contributed by atoms with Crippen molar-refractivity contribution in [3.8, 4) is 0 Å². The molecular weight excluding hydrogens is 1190 g/mol. The molecule has 0 spiro atoms. The molecule has 96 heavy (non-hydrogen) atoms. The van der Waals surface area contributed by atoms with E-state index in [1.54, 1.807) is 0 Å². The Balaban J connectivity index is 3.89. The zero-order chi connectivity index (χ0) is 69.7. The number of rotatable bonds is 84. The zero-order valence-corrected chi connectivity index (χ0v) is 65.8. The number of hydrogen-bond donors (Lipinski definition) is 0. The second-order valence-electron chi connectivity index (χ2n) is 31.6. The summed E-state index contributed by atoms with van der Waals surface area (Å²) < 4.78 is 22.9. The largest absolute Gasteiger partial charge is 0.545 e. The number of unbranched alkanes of at least 4 members (excludes halogenated alkanes) is 69. The topological polar surface area (TPSA) is 111 Å². The van der Waals surface area contributed by atoms with Crippen LogP contribution in [0.15, 0.2) is 0 Å². The molecule has 0 fully saturated rings. The number of aliphatic carboxylic acids is 1. The Labute approximate surface area is 600 Å². The monoisotopic (exact) mass is 1360 g/mol. The lowest BCUT2D eigenvalue weighted by Gasteiger charge is -2.26. The second kappa shape index (κ2) is 79.0. The molecule has 0 heterocycles. The van der Waals surface area contributed by atoms with Crippen LogP contribution in [0.5, 0.6) is 0 Å². The third-order valence-electron chi connectivity index (χ3n) is 20.6. The highest BCUT2D eigenvalue weighted by Gasteiger charge is 2.22. The lowest BCUT2D eigenvalue weighted by molar-refractivity contribution is -0.870. The molecular formula is C87H171NO8. The molecule has 9 heteroatoms. The SMILES string of the molecule is CCCCCCCCCCCCCCCCCCCCCCCCCCCCCCCCCCCCCCCC(=O)OC(COC(=O)CCCCCCCCCCCCCCCCCCCCCCCCCCCCCCCCCCCC)COC(OCC[N+](C)(C)C)C(=O)[O-]. The average Bonchev–Trinajstić information content (AvgIpc) is 2.74. The fourth-order valence-corrected chi connectivity index (χ4v) is 14.0. The van der Waals surface area contributed by atoms with Gasteiger partial charge in [0.2, 0.25) is 0 Å². The summed E-state index contributed by atoms with van der Waals surface area (Å²) in [4.78, 5) is 37.7. The summed E-state index contributed by atoms with van der Waals surface area (Å²) in [6.07, 6.45) is 95.6. The van der Waals surface area contributed by atoms with E-state index >= 15 is 0 Å². The van der Waals surface area contributed by atoms with E-state index in [2.05, 4.69) is 13.8 Å². The fourth-order valence-electron chi connectivity index (χ4n) is 14.0. The van der Waals surface area contributed by atoms with Gasteiger partial charge in [0.05, 0.1) is 40.3 Å². The van der Waals surface area contributed by atoms with Crippen molar-refractivity contribution in [2.75, 3.05) is 47.5 Å². The van der Waals surface area contributed by atoms with Crippen molar-refractivity contribution >= 4 is 17.9 Å². The molecule has 0 saturated heterocycles. The number of carbonyl (C=O) groups excluding carboxylic acids is 3. The Morgan fingerprint density at radius 3 is 0.667 bits per heavy atom. The van der Waals surface area contributed by atoms with Crippen LogP contribution in [0.2, 0.25) is 0 Å². The fraction of sp³-hybridized carbons (Fsp3) is 0.966. The van der Waals surface area contributed by atoms with Crippen molar-refractivity contribution < 1.29 is 42.9 Å². The van der Waals surface area contributed by atoms with Gasteiger partial charge in [-0.05, 0) is 12.8 Å². The number of nitrogens with zero attached hydrogens (tertiary/aromatic N) is 1. The van der Waals surface area contributed by atoms with Gasteiger partial charge in [0.25, 0.3) is 0 Å². The smallest absolute Gasteiger partial charge is 0.306 e. The molecule has 0 bridgehead atoms. The summed E-state index contributed by atoms with van der Waals surface area (Å²) >= 11 is 0. The molecule has 0 aromatic rings. The Kier molecular flexibility index (Phi) is 77.6. The number of quaternary nitrogens is 1. The van der Waals surface area contributed by atoms with Crippen LogP contribution in [-0.4, -0.2) is 82.3 Å². The molecule has 0 aliphatic heterocycles. The minimum Gasteiger partial charge on any atom is -0.545 e. The zero-order valence-electron chi connectivity index (χ0n) is 65.8. The van der Waals surface area contributed by atoms with Gasteiger partial charge in [-0.25, -0.2) is 0 Å². The van der Waals surface area contributed by atoms with Gasteiger partial charge >= 0.3 is 11.9 Å². The Morgan fingerprint density at radius 1 is 0.271 bits per heavy atom. The maximum absolute atomic E-state index is 13.0. The van der Waals surface area contributed by atoms with Crippen molar-refractivity contribution in [2.24, 2.45) is 0 Å². The first-order valence-corrected chi connectivity index (χ1v) is 43.7. The molecule has 0 rings (SSSR count). The molecule has 9 nitrogen and oxygen atoms in total. The highest BCUT2D eigenvalue weighted by Crippen LogP contribution is 2.22. The highest BCUT2D eigenvalue weighted by molar-refractivity contribution is 5.70. The first kappa shape index (κ1) is 94.3. The Morgan fingerprint density at radius 2 is 0.469 bits per heavy atom. The van der Waals surface area contributed by atoms with Gasteiger partial charge in [0.1, 0.15) is 13.2 Å². The van der Waals surface area contributed by atoms with E-state index in [-0.39, 0.29) is 32.2 Å². The van der Waals surface area contributed by atoms with Crippen LogP contribution in [0.1, 0.15) is 483 Å². The Hall–Kier alpha value is -1.71. The molecule has 0 amide bonds. The van der Waals surface area contributed by atoms with Gasteiger partial charge in [-0.15, -0.1) is 0 Å². The van der Waals surface area contributed by atoms with E-state index in [1.165, 1.54) is 417 Å². The third-order valence-corrected chi connectivity index (χ3v) is 20.6. The number of carboxylic acid groups (broad SMARTS) is 1. The maximum atomic E-state index is 13.0. The summed E-state index contributed by atoms with van der Waals surface area (Å²) in [7, 11) is 5.96. The lowest BCUT2D eigenvalue weighted by Crippen LogP contribution is -2.44. The first-order chi connectivity index (χ1) is 47.1. The molecule has 0 aliphatic carbocycles. The highest BCUT2D eigenvalue weighted by atomic mass is 16.7. The van der Waals surface area contributed by atoms with Gasteiger partial charge in [0, 0.05) is 12.8 Å². The van der Waals surface area contributed by atoms with Crippen LogP contribution in [-0.2, 0) is 33.3 Å². The van der Waals surface area contributed by atoms with Gasteiger partial charge in [-0.2, -0.15) is 0 Å². The van der Waals surface area contributed by atoms with Gasteiger partial charge in [-0.1, -0.05) is 457 Å². The number of carbonyl (C=O) groups is 3. The van der Waals surface area contributed by atoms with Crippen LogP contribution in [0, 0.1) is 0 Å². The maximum Gasteiger partial charge on any atom is 0.306 e. The van der Waals surface area contributed by atoms with Crippen LogP contribution in [0.3, 0.4) is 0 Å². The Bertz CT molecular complexity index is 1530. The quantitative estimate of drug-likeness (QED) is 0.0256. The van der Waals surface area contributed by atoms with Gasteiger partial charge in [-0.3, -0.25) is 9.59 Å². The van der Waals surface area contributed by atoms with Crippen molar-refractivity contribution in [1.82, 2.24) is 0 Å². The predicted molar refractivity (Wildman–Crippen MR) is 413 cm³/mol. The summed E-state index contributed by atoms with van der Waals surface area (Å²) in [5.41, 5.74) is 0. The predicted octanol–water partition coefficient (Wildman–Crippen LogP) is 26.8. The lowest BCUT2D eigenvalue weighted by atomic mass is 10.0. The number of likely N-dealkylation sites (N-methyl/N-ethyl adjacent to an activating group) is 1. The molecule has 572 valence electrons. The second-order valence-corrected chi connectivity index (χ2v) is 31.6. The summed E-state index contributed by atoms with van der Waals surface area (Å²) in [5, 5.41) is 11.9. The van der Waals surface area contributed by atoms with E-state index in [0.29, 0.717) is 17.4 Å². The average molecular weight is 1360 g/mol. The third kappa shape index (κ3) is 79.6. The minimum atomic E-state index is -1.62. The summed E-state index contributed by atoms with van der Waals surface area (Å²) in [6, 6.07) is 0. The standard InChI is InChI=1S/C87H171NO8/c1-6-8-10-12-14-16-18-20-22-24-26-28-30-32-34-36-38-40-42-43-44-46-48-50-52-54-56-58-60-62-64-66-68-70-72-74-76-78-85(90)96-83(82-95-87(86(91)92)93-80-79-88(3,4)5)81-94-84(89)77-75-73-71-69-67-65-63-61-59-57-55-53-51-49-47-45-41-39-37-35-33-31-29-27-25-23-21-19-17-15-13-11-9-7-2/h83,87H,6-82H2,1-5H3. The molecule has 2 atom stereocenters. The molecule has 0 aliphatic rings. The molecule has 0 aromatic carbocycles. The van der Waals surface area contributed by atoms with Crippen LogP contribution >= 0.6 is 0 Å². The summed E-state index contributed by atoms with van der Waals surface area (Å²) in [5.74, 6) is -2.24. The molecule has 0 radical (unpaired) electrons. The first-order valence-electron chi connectivity index (χ1n) is 43.7. The van der Waals surface area contributed by atoms with Crippen molar-refractivity contribution in [3.05, 3.63) is 0 Å². The van der Waals surface area contributed by atoms with E-state index in [1.807, 2.05) is 21.1 Å². The number of esters is 2. The van der Waals surface area contributed by atoms with Crippen molar-refractivity contribution in [2.45, 2.75) is 495 Å². The van der Waals surface area contributed by atoms with Crippen LogP contribution in [0.4, 0.5) is 0 Å². The minimum absolute atomic E-state index is 0.154. The van der Waals surface area contributed by atoms with Gasteiger partial charge in [0.15, 0.2) is 12.4 Å². The molecule has 0 N–H and O–H groups in total. The molecule has 2 unspecified atom stereocenters. The summed E-state index contributed by atoms with van der Waals surface area (Å²) in [6.45, 7) is 4.86. The number of ether oxygens (including phenoxy) is 4. The van der Waals surface area contributed by atoms with Crippen molar-refractivity contribution in [3.63, 3.8) is 0 Å². The molecule has 0 aromatic heterocycles. The van der Waals surface area contributed by atoms with E-state index < -0.39 is 24.3 Å². The normalized spacial score (nSPS) is 12.5. The van der Waals surface area contributed by atoms with E-state index in [4.69, 9.17) is 18.9 Å². The van der Waals surface area contributed by atoms with E-state index in [9.17, 15) is 19.5 Å². The number of hydrogen-bond acceptors (Lipinski definition) is 8. The van der Waals surface area contributed by atoms with Crippen LogP contribution < -0.4 is 5.11 Å². The van der Waals surface area contributed by atoms with E-state index in [0.717, 1.165) is 38.5 Å². The number of carboxylic acids is 1. The van der Waals surface area contributed by atoms with Crippen molar-refractivity contribution in [1.29, 1.82) is 0 Å². The van der Waals surface area contributed by atoms with Gasteiger partial charge < -0.3 is 33.3 Å². The molecule has 0 saturated carbocycles.